The van der Waals surface area contributed by atoms with Crippen molar-refractivity contribution in [1.82, 2.24) is 4.90 Å². The molecule has 6 heteroatoms. The van der Waals surface area contributed by atoms with E-state index in [9.17, 15) is 15.0 Å². The van der Waals surface area contributed by atoms with Gasteiger partial charge in [-0.2, -0.15) is 0 Å². The minimum atomic E-state index is -0.0222. The van der Waals surface area contributed by atoms with Gasteiger partial charge in [0.1, 0.15) is 0 Å². The Kier molecular flexibility index (Phi) is 6.47. The summed E-state index contributed by atoms with van der Waals surface area (Å²) in [5.74, 6) is 0.812. The van der Waals surface area contributed by atoms with Crippen LogP contribution in [0.2, 0.25) is 0 Å². The van der Waals surface area contributed by atoms with Gasteiger partial charge < -0.3 is 19.7 Å². The summed E-state index contributed by atoms with van der Waals surface area (Å²) >= 11 is 0. The average molecular weight is 409 g/mol. The molecule has 0 radical (unpaired) electrons. The van der Waals surface area contributed by atoms with Crippen LogP contribution in [0.4, 0.5) is 0 Å². The monoisotopic (exact) mass is 409 g/mol. The van der Waals surface area contributed by atoms with Crippen LogP contribution >= 0.6 is 0 Å². The number of Topliss-reactive ketones (excluding diaryl/α,β-unsaturated/α-hetero) is 1. The lowest BCUT2D eigenvalue weighted by Gasteiger charge is -2.32. The van der Waals surface area contributed by atoms with E-state index in [0.29, 0.717) is 35.7 Å². The van der Waals surface area contributed by atoms with Crippen LogP contribution in [0.5, 0.6) is 23.0 Å². The first-order valence-corrected chi connectivity index (χ1v) is 9.76. The van der Waals surface area contributed by atoms with Gasteiger partial charge in [-0.25, -0.2) is 0 Å². The molecule has 0 aromatic heterocycles. The number of aromatic hydroxyl groups is 2. The maximum atomic E-state index is 13.2. The van der Waals surface area contributed by atoms with Crippen LogP contribution in [0.3, 0.4) is 0 Å². The number of phenols is 2. The van der Waals surface area contributed by atoms with Crippen molar-refractivity contribution in [2.24, 2.45) is 0 Å². The van der Waals surface area contributed by atoms with E-state index in [1.54, 1.807) is 36.4 Å². The zero-order valence-corrected chi connectivity index (χ0v) is 17.7. The average Bonchev–Trinajstić information content (AvgIpc) is 2.73. The second-order valence-electron chi connectivity index (χ2n) is 7.53. The zero-order chi connectivity index (χ0) is 21.8. The third kappa shape index (κ3) is 4.66. The van der Waals surface area contributed by atoms with Gasteiger partial charge in [0.25, 0.3) is 0 Å². The number of rotatable bonds is 5. The molecule has 2 aromatic carbocycles. The number of carbonyl (C=O) groups excluding carboxylic acids is 1. The highest BCUT2D eigenvalue weighted by Crippen LogP contribution is 2.30. The molecule has 6 nitrogen and oxygen atoms in total. The van der Waals surface area contributed by atoms with Crippen molar-refractivity contribution < 1.29 is 24.5 Å². The predicted octanol–water partition coefficient (Wildman–Crippen LogP) is 3.88. The Hall–Kier alpha value is -3.25. The Balaban J connectivity index is 2.00. The number of nitrogens with zero attached hydrogens (tertiary/aromatic N) is 1. The molecule has 0 amide bonds. The fourth-order valence-corrected chi connectivity index (χ4v) is 3.40. The number of ketones is 1. The fraction of sp³-hybridized carbons (Fsp3) is 0.292. The topological polar surface area (TPSA) is 79.2 Å². The molecule has 2 N–H and O–H groups in total. The number of hydrogen-bond acceptors (Lipinski definition) is 6. The van der Waals surface area contributed by atoms with Gasteiger partial charge in [-0.05, 0) is 61.4 Å². The summed E-state index contributed by atoms with van der Waals surface area (Å²) in [6.45, 7) is 5.27. The second kappa shape index (κ2) is 9.05. The molecule has 0 aliphatic carbocycles. The molecule has 1 aliphatic heterocycles. The van der Waals surface area contributed by atoms with Gasteiger partial charge in [-0.3, -0.25) is 9.69 Å². The number of phenolic OH excluding ortho intramolecular Hbond substituents is 2. The maximum absolute atomic E-state index is 13.2. The van der Waals surface area contributed by atoms with Crippen molar-refractivity contribution in [2.75, 3.05) is 27.3 Å². The minimum Gasteiger partial charge on any atom is -0.504 e. The van der Waals surface area contributed by atoms with E-state index in [4.69, 9.17) is 9.47 Å². The summed E-state index contributed by atoms with van der Waals surface area (Å²) in [4.78, 5) is 15.4. The van der Waals surface area contributed by atoms with E-state index >= 15 is 0 Å². The van der Waals surface area contributed by atoms with Crippen molar-refractivity contribution in [3.8, 4) is 23.0 Å². The van der Waals surface area contributed by atoms with E-state index < -0.39 is 0 Å². The molecule has 0 bridgehead atoms. The Bertz CT molecular complexity index is 931. The van der Waals surface area contributed by atoms with Crippen LogP contribution in [0.25, 0.3) is 12.2 Å². The lowest BCUT2D eigenvalue weighted by Crippen LogP contribution is -2.41. The summed E-state index contributed by atoms with van der Waals surface area (Å²) in [7, 11) is 2.98. The quantitative estimate of drug-likeness (QED) is 0.730. The smallest absolute Gasteiger partial charge is 0.187 e. The molecule has 3 rings (SSSR count). The third-order valence-corrected chi connectivity index (χ3v) is 5.15. The first-order valence-electron chi connectivity index (χ1n) is 9.76. The molecule has 0 unspecified atom stereocenters. The van der Waals surface area contributed by atoms with Crippen molar-refractivity contribution >= 4 is 17.9 Å². The Labute approximate surface area is 176 Å². The summed E-state index contributed by atoms with van der Waals surface area (Å²) in [6.07, 6.45) is 3.67. The summed E-state index contributed by atoms with van der Waals surface area (Å²) in [6, 6.07) is 10.3. The van der Waals surface area contributed by atoms with Gasteiger partial charge in [0.05, 0.1) is 14.2 Å². The third-order valence-electron chi connectivity index (χ3n) is 5.15. The standard InChI is InChI=1S/C24H27NO5/c1-15(2)25-13-18(9-16-5-7-20(26)22(11-16)29-3)24(28)19(14-25)10-17-6-8-21(27)23(12-17)30-4/h5-12,15,26-27H,13-14H2,1-4H3/b18-9+,19-10+. The van der Waals surface area contributed by atoms with Crippen molar-refractivity contribution in [3.05, 3.63) is 58.7 Å². The lowest BCUT2D eigenvalue weighted by atomic mass is 9.93. The first-order chi connectivity index (χ1) is 14.3. The van der Waals surface area contributed by atoms with E-state index in [1.807, 2.05) is 12.2 Å². The largest absolute Gasteiger partial charge is 0.504 e. The van der Waals surface area contributed by atoms with Gasteiger partial charge in [0, 0.05) is 30.3 Å². The minimum absolute atomic E-state index is 0.0222. The number of methoxy groups -OCH3 is 2. The summed E-state index contributed by atoms with van der Waals surface area (Å²) < 4.78 is 10.3. The van der Waals surface area contributed by atoms with E-state index in [2.05, 4.69) is 18.7 Å². The van der Waals surface area contributed by atoms with E-state index in [1.165, 1.54) is 14.2 Å². The summed E-state index contributed by atoms with van der Waals surface area (Å²) in [5.41, 5.74) is 2.90. The van der Waals surface area contributed by atoms with Crippen LogP contribution in [-0.4, -0.2) is 54.2 Å². The van der Waals surface area contributed by atoms with Crippen LogP contribution in [0, 0.1) is 0 Å². The van der Waals surface area contributed by atoms with Gasteiger partial charge in [0.2, 0.25) is 0 Å². The van der Waals surface area contributed by atoms with Crippen molar-refractivity contribution in [2.45, 2.75) is 19.9 Å². The first kappa shape index (κ1) is 21.5. The van der Waals surface area contributed by atoms with Crippen LogP contribution < -0.4 is 9.47 Å². The number of benzene rings is 2. The van der Waals surface area contributed by atoms with Crippen LogP contribution in [-0.2, 0) is 4.79 Å². The predicted molar refractivity (Wildman–Crippen MR) is 117 cm³/mol. The molecule has 1 aliphatic rings. The molecule has 0 saturated carbocycles. The lowest BCUT2D eigenvalue weighted by molar-refractivity contribution is -0.113. The molecule has 158 valence electrons. The molecule has 1 fully saturated rings. The van der Waals surface area contributed by atoms with E-state index in [0.717, 1.165) is 11.1 Å². The highest BCUT2D eigenvalue weighted by molar-refractivity contribution is 6.14. The SMILES string of the molecule is COc1cc(/C=C2\CN(C(C)C)C/C(=C\c3ccc(O)c(OC)c3)C2=O)ccc1O. The maximum Gasteiger partial charge on any atom is 0.187 e. The second-order valence-corrected chi connectivity index (χ2v) is 7.53. The molecule has 1 heterocycles. The normalized spacial score (nSPS) is 17.7. The van der Waals surface area contributed by atoms with Gasteiger partial charge in [-0.15, -0.1) is 0 Å². The molecular weight excluding hydrogens is 382 g/mol. The summed E-state index contributed by atoms with van der Waals surface area (Å²) in [5, 5.41) is 19.6. The molecule has 0 spiro atoms. The number of ether oxygens (including phenoxy) is 2. The number of piperidine rings is 1. The highest BCUT2D eigenvalue weighted by atomic mass is 16.5. The Morgan fingerprint density at radius 3 is 1.67 bits per heavy atom. The molecule has 0 atom stereocenters. The Morgan fingerprint density at radius 1 is 0.867 bits per heavy atom. The molecule has 1 saturated heterocycles. The van der Waals surface area contributed by atoms with Crippen LogP contribution in [0.15, 0.2) is 47.5 Å². The van der Waals surface area contributed by atoms with Gasteiger partial charge in [0.15, 0.2) is 28.8 Å². The van der Waals surface area contributed by atoms with Crippen LogP contribution in [0.1, 0.15) is 25.0 Å². The zero-order valence-electron chi connectivity index (χ0n) is 17.7. The highest BCUT2D eigenvalue weighted by Gasteiger charge is 2.27. The number of likely N-dealkylation sites (tertiary alicyclic amines) is 1. The van der Waals surface area contributed by atoms with Crippen molar-refractivity contribution in [1.29, 1.82) is 0 Å². The molecule has 30 heavy (non-hydrogen) atoms. The molecular formula is C24H27NO5. The van der Waals surface area contributed by atoms with E-state index in [-0.39, 0.29) is 23.3 Å². The van der Waals surface area contributed by atoms with Gasteiger partial charge in [-0.1, -0.05) is 12.1 Å². The molecule has 2 aromatic rings. The van der Waals surface area contributed by atoms with Gasteiger partial charge >= 0.3 is 0 Å². The van der Waals surface area contributed by atoms with Crippen molar-refractivity contribution in [3.63, 3.8) is 0 Å². The fourth-order valence-electron chi connectivity index (χ4n) is 3.40. The number of carbonyl (C=O) groups is 1. The number of hydrogen-bond donors (Lipinski definition) is 2. The Morgan fingerprint density at radius 2 is 1.30 bits per heavy atom.